The molecule has 2 heterocycles. The maximum absolute atomic E-state index is 12.3. The minimum Gasteiger partial charge on any atom is -0.497 e. The monoisotopic (exact) mass is 285 g/mol. The van der Waals surface area contributed by atoms with E-state index in [9.17, 15) is 4.79 Å². The number of nitrogens with zero attached hydrogens (tertiary/aromatic N) is 2. The quantitative estimate of drug-likeness (QED) is 0.931. The molecule has 0 spiro atoms. The van der Waals surface area contributed by atoms with E-state index in [4.69, 9.17) is 4.74 Å². The summed E-state index contributed by atoms with van der Waals surface area (Å²) >= 11 is 0. The van der Waals surface area contributed by atoms with Crippen LogP contribution in [-0.2, 0) is 24.3 Å². The Kier molecular flexibility index (Phi) is 3.90. The molecule has 0 fully saturated rings. The summed E-state index contributed by atoms with van der Waals surface area (Å²) in [7, 11) is 1.64. The smallest absolute Gasteiger partial charge is 0.223 e. The zero-order valence-corrected chi connectivity index (χ0v) is 12.1. The summed E-state index contributed by atoms with van der Waals surface area (Å²) in [5.41, 5.74) is 2.19. The van der Waals surface area contributed by atoms with Crippen LogP contribution in [0, 0.1) is 5.92 Å². The minimum atomic E-state index is 0.0415. The molecule has 0 radical (unpaired) electrons. The Morgan fingerprint density at radius 2 is 2.43 bits per heavy atom. The van der Waals surface area contributed by atoms with Crippen LogP contribution in [0.4, 0.5) is 0 Å². The number of hydrogen-bond donors (Lipinski definition) is 1. The maximum atomic E-state index is 12.3. The Morgan fingerprint density at radius 1 is 1.52 bits per heavy atom. The summed E-state index contributed by atoms with van der Waals surface area (Å²) < 4.78 is 7.30. The van der Waals surface area contributed by atoms with Gasteiger partial charge in [-0.25, -0.2) is 4.98 Å². The number of nitrogens with one attached hydrogen (secondary N) is 1. The number of rotatable bonds is 4. The molecule has 2 aromatic rings. The van der Waals surface area contributed by atoms with Gasteiger partial charge in [0.1, 0.15) is 5.75 Å². The number of aryl methyl sites for hydroxylation is 1. The molecule has 1 N–H and O–H groups in total. The van der Waals surface area contributed by atoms with E-state index in [1.807, 2.05) is 36.8 Å². The van der Waals surface area contributed by atoms with Gasteiger partial charge in [0, 0.05) is 37.3 Å². The van der Waals surface area contributed by atoms with E-state index in [1.54, 1.807) is 7.11 Å². The highest BCUT2D eigenvalue weighted by Gasteiger charge is 2.24. The van der Waals surface area contributed by atoms with E-state index >= 15 is 0 Å². The molecule has 5 heteroatoms. The van der Waals surface area contributed by atoms with Crippen LogP contribution >= 0.6 is 0 Å². The molecule has 110 valence electrons. The van der Waals surface area contributed by atoms with Gasteiger partial charge in [0.25, 0.3) is 0 Å². The highest BCUT2D eigenvalue weighted by atomic mass is 16.5. The molecule has 1 amide bonds. The van der Waals surface area contributed by atoms with Crippen LogP contribution in [0.2, 0.25) is 0 Å². The number of methoxy groups -OCH3 is 1. The van der Waals surface area contributed by atoms with Gasteiger partial charge in [0.2, 0.25) is 5.91 Å². The van der Waals surface area contributed by atoms with Gasteiger partial charge in [0.15, 0.2) is 0 Å². The Labute approximate surface area is 124 Å². The average molecular weight is 285 g/mol. The molecule has 1 atom stereocenters. The third kappa shape index (κ3) is 3.07. The van der Waals surface area contributed by atoms with E-state index in [1.165, 1.54) is 0 Å². The first-order valence-corrected chi connectivity index (χ1v) is 7.16. The summed E-state index contributed by atoms with van der Waals surface area (Å²) in [5, 5.41) is 3.02. The van der Waals surface area contributed by atoms with Crippen molar-refractivity contribution in [3.8, 4) is 5.75 Å². The first-order valence-electron chi connectivity index (χ1n) is 7.16. The van der Waals surface area contributed by atoms with Crippen molar-refractivity contribution >= 4 is 5.91 Å². The number of fused-ring (bicyclic) bond motifs is 1. The maximum Gasteiger partial charge on any atom is 0.223 e. The molecule has 3 rings (SSSR count). The van der Waals surface area contributed by atoms with E-state index < -0.39 is 0 Å². The lowest BCUT2D eigenvalue weighted by atomic mass is 9.95. The van der Waals surface area contributed by atoms with E-state index in [-0.39, 0.29) is 11.8 Å². The number of amides is 1. The zero-order valence-electron chi connectivity index (χ0n) is 12.1. The third-order valence-corrected chi connectivity index (χ3v) is 3.94. The van der Waals surface area contributed by atoms with Crippen molar-refractivity contribution in [3.63, 3.8) is 0 Å². The van der Waals surface area contributed by atoms with Gasteiger partial charge in [-0.3, -0.25) is 4.79 Å². The molecule has 21 heavy (non-hydrogen) atoms. The van der Waals surface area contributed by atoms with E-state index in [0.717, 1.165) is 36.4 Å². The number of hydrogen-bond acceptors (Lipinski definition) is 3. The van der Waals surface area contributed by atoms with Crippen molar-refractivity contribution in [1.29, 1.82) is 0 Å². The molecule has 1 unspecified atom stereocenters. The lowest BCUT2D eigenvalue weighted by molar-refractivity contribution is -0.125. The Morgan fingerprint density at radius 3 is 3.29 bits per heavy atom. The van der Waals surface area contributed by atoms with E-state index in [0.29, 0.717) is 6.54 Å². The van der Waals surface area contributed by atoms with Gasteiger partial charge in [-0.05, 0) is 24.1 Å². The second-order valence-electron chi connectivity index (χ2n) is 5.34. The van der Waals surface area contributed by atoms with Crippen molar-refractivity contribution in [2.75, 3.05) is 7.11 Å². The lowest BCUT2D eigenvalue weighted by Crippen LogP contribution is -2.34. The Hall–Kier alpha value is -2.30. The number of benzene rings is 1. The minimum absolute atomic E-state index is 0.0415. The summed E-state index contributed by atoms with van der Waals surface area (Å²) in [6.45, 7) is 1.40. The predicted molar refractivity (Wildman–Crippen MR) is 78.9 cm³/mol. The van der Waals surface area contributed by atoms with Crippen LogP contribution in [0.15, 0.2) is 36.8 Å². The predicted octanol–water partition coefficient (Wildman–Crippen LogP) is 1.77. The molecular weight excluding hydrogens is 266 g/mol. The van der Waals surface area contributed by atoms with Gasteiger partial charge in [-0.2, -0.15) is 0 Å². The molecular formula is C16H19N3O2. The van der Waals surface area contributed by atoms with Crippen molar-refractivity contribution in [1.82, 2.24) is 14.9 Å². The number of ether oxygens (including phenoxy) is 1. The number of carbonyl (C=O) groups is 1. The summed E-state index contributed by atoms with van der Waals surface area (Å²) in [4.78, 5) is 16.4. The van der Waals surface area contributed by atoms with Crippen LogP contribution in [0.5, 0.6) is 5.75 Å². The first kappa shape index (κ1) is 13.7. The van der Waals surface area contributed by atoms with Gasteiger partial charge in [-0.15, -0.1) is 0 Å². The van der Waals surface area contributed by atoms with Gasteiger partial charge in [0.05, 0.1) is 13.4 Å². The second-order valence-corrected chi connectivity index (χ2v) is 5.34. The molecule has 1 aromatic carbocycles. The zero-order chi connectivity index (χ0) is 14.7. The molecule has 0 saturated heterocycles. The summed E-state index contributed by atoms with van der Waals surface area (Å²) in [6.07, 6.45) is 5.32. The van der Waals surface area contributed by atoms with Crippen molar-refractivity contribution in [3.05, 3.63) is 48.0 Å². The van der Waals surface area contributed by atoms with Crippen molar-refractivity contribution in [2.45, 2.75) is 25.9 Å². The van der Waals surface area contributed by atoms with Crippen LogP contribution in [0.25, 0.3) is 0 Å². The fraction of sp³-hybridized carbons (Fsp3) is 0.375. The van der Waals surface area contributed by atoms with Gasteiger partial charge in [-0.1, -0.05) is 12.1 Å². The fourth-order valence-corrected chi connectivity index (χ4v) is 2.71. The summed E-state index contributed by atoms with van der Waals surface area (Å²) in [5.74, 6) is 0.966. The standard InChI is InChI=1S/C16H19N3O2/c1-21-15-4-2-3-12(7-15)9-18-16(20)13-5-6-19-11-17-10-14(19)8-13/h2-4,7,10-11,13H,5-6,8-9H2,1H3,(H,18,20). The lowest BCUT2D eigenvalue weighted by Gasteiger charge is -2.23. The van der Waals surface area contributed by atoms with Crippen molar-refractivity contribution < 1.29 is 9.53 Å². The average Bonchev–Trinajstić information content (AvgIpc) is 3.00. The third-order valence-electron chi connectivity index (χ3n) is 3.94. The molecule has 1 aromatic heterocycles. The molecule has 0 saturated carbocycles. The van der Waals surface area contributed by atoms with E-state index in [2.05, 4.69) is 14.9 Å². The SMILES string of the molecule is COc1cccc(CNC(=O)C2CCn3cncc3C2)c1. The topological polar surface area (TPSA) is 56.1 Å². The Balaban J connectivity index is 1.57. The van der Waals surface area contributed by atoms with Gasteiger partial charge >= 0.3 is 0 Å². The first-order chi connectivity index (χ1) is 10.3. The van der Waals surface area contributed by atoms with Crippen LogP contribution in [0.3, 0.4) is 0 Å². The number of imidazole rings is 1. The normalized spacial score (nSPS) is 17.1. The molecule has 1 aliphatic rings. The largest absolute Gasteiger partial charge is 0.497 e. The van der Waals surface area contributed by atoms with Gasteiger partial charge < -0.3 is 14.6 Å². The highest BCUT2D eigenvalue weighted by Crippen LogP contribution is 2.20. The highest BCUT2D eigenvalue weighted by molar-refractivity contribution is 5.79. The molecule has 0 bridgehead atoms. The van der Waals surface area contributed by atoms with Crippen LogP contribution in [-0.4, -0.2) is 22.6 Å². The molecule has 1 aliphatic heterocycles. The second kappa shape index (κ2) is 5.99. The van der Waals surface area contributed by atoms with Crippen LogP contribution in [0.1, 0.15) is 17.7 Å². The molecule has 0 aliphatic carbocycles. The number of carbonyl (C=O) groups excluding carboxylic acids is 1. The van der Waals surface area contributed by atoms with Crippen LogP contribution < -0.4 is 10.1 Å². The fourth-order valence-electron chi connectivity index (χ4n) is 2.71. The molecule has 5 nitrogen and oxygen atoms in total. The summed E-state index contributed by atoms with van der Waals surface area (Å²) in [6, 6.07) is 7.75. The van der Waals surface area contributed by atoms with Crippen molar-refractivity contribution in [2.24, 2.45) is 5.92 Å². The number of aromatic nitrogens is 2. The Bertz CT molecular complexity index is 636.